The molecule has 0 saturated carbocycles. The molecule has 1 aromatic heterocycles. The van der Waals surface area contributed by atoms with Gasteiger partial charge in [-0.1, -0.05) is 35.5 Å². The van der Waals surface area contributed by atoms with E-state index in [1.165, 1.54) is 0 Å². The standard InChI is InChI=1S/C16H15N3O3/c17-11-6-7-12-14(9-11)22-19-15(12)18-13(16(20)21)8-10-4-2-1-3-5-10/h1-7,9,13H,8,17H2,(H,18,19)(H,20,21)/t13-/m0/s1. The molecule has 112 valence electrons. The summed E-state index contributed by atoms with van der Waals surface area (Å²) < 4.78 is 5.18. The molecule has 0 aliphatic rings. The number of nitrogens with zero attached hydrogens (tertiary/aromatic N) is 1. The van der Waals surface area contributed by atoms with Gasteiger partial charge in [0, 0.05) is 18.2 Å². The molecule has 0 unspecified atom stereocenters. The van der Waals surface area contributed by atoms with E-state index >= 15 is 0 Å². The Morgan fingerprint density at radius 3 is 2.77 bits per heavy atom. The molecule has 3 rings (SSSR count). The number of aromatic nitrogens is 1. The summed E-state index contributed by atoms with van der Waals surface area (Å²) in [5.41, 5.74) is 7.70. The van der Waals surface area contributed by atoms with Gasteiger partial charge in [0.1, 0.15) is 6.04 Å². The third-order valence-electron chi connectivity index (χ3n) is 3.39. The van der Waals surface area contributed by atoms with Gasteiger partial charge in [0.25, 0.3) is 0 Å². The molecule has 1 heterocycles. The summed E-state index contributed by atoms with van der Waals surface area (Å²) >= 11 is 0. The number of nitrogen functional groups attached to an aromatic ring is 1. The summed E-state index contributed by atoms with van der Waals surface area (Å²) in [6.07, 6.45) is 0.347. The van der Waals surface area contributed by atoms with Gasteiger partial charge in [-0.15, -0.1) is 0 Å². The highest BCUT2D eigenvalue weighted by Crippen LogP contribution is 2.25. The minimum Gasteiger partial charge on any atom is -0.480 e. The quantitative estimate of drug-likeness (QED) is 0.625. The Bertz CT molecular complexity index is 799. The number of hydrogen-bond donors (Lipinski definition) is 3. The van der Waals surface area contributed by atoms with Crippen LogP contribution < -0.4 is 11.1 Å². The molecule has 4 N–H and O–H groups in total. The van der Waals surface area contributed by atoms with Crippen molar-refractivity contribution in [3.8, 4) is 0 Å². The lowest BCUT2D eigenvalue weighted by atomic mass is 10.1. The van der Waals surface area contributed by atoms with Crippen molar-refractivity contribution in [2.24, 2.45) is 0 Å². The zero-order valence-corrected chi connectivity index (χ0v) is 11.7. The lowest BCUT2D eigenvalue weighted by Crippen LogP contribution is -2.31. The van der Waals surface area contributed by atoms with Crippen molar-refractivity contribution in [1.29, 1.82) is 0 Å². The van der Waals surface area contributed by atoms with Crippen molar-refractivity contribution in [1.82, 2.24) is 5.16 Å². The number of carbonyl (C=O) groups is 1. The number of anilines is 2. The van der Waals surface area contributed by atoms with E-state index in [-0.39, 0.29) is 0 Å². The molecule has 0 aliphatic carbocycles. The largest absolute Gasteiger partial charge is 0.480 e. The van der Waals surface area contributed by atoms with Crippen molar-refractivity contribution < 1.29 is 14.4 Å². The van der Waals surface area contributed by atoms with Gasteiger partial charge < -0.3 is 20.7 Å². The van der Waals surface area contributed by atoms with Crippen LogP contribution in [0.2, 0.25) is 0 Å². The maximum Gasteiger partial charge on any atom is 0.326 e. The van der Waals surface area contributed by atoms with Crippen molar-refractivity contribution >= 4 is 28.4 Å². The Hall–Kier alpha value is -3.02. The Morgan fingerprint density at radius 2 is 2.05 bits per heavy atom. The van der Waals surface area contributed by atoms with Crippen molar-refractivity contribution in [3.63, 3.8) is 0 Å². The van der Waals surface area contributed by atoms with Gasteiger partial charge >= 0.3 is 5.97 Å². The number of benzene rings is 2. The lowest BCUT2D eigenvalue weighted by molar-refractivity contribution is -0.137. The van der Waals surface area contributed by atoms with E-state index < -0.39 is 12.0 Å². The third-order valence-corrected chi connectivity index (χ3v) is 3.39. The molecule has 22 heavy (non-hydrogen) atoms. The molecule has 0 spiro atoms. The van der Waals surface area contributed by atoms with Crippen LogP contribution in [0, 0.1) is 0 Å². The molecule has 0 fully saturated rings. The second-order valence-corrected chi connectivity index (χ2v) is 5.01. The van der Waals surface area contributed by atoms with E-state index in [1.807, 2.05) is 30.3 Å². The van der Waals surface area contributed by atoms with Gasteiger partial charge in [-0.3, -0.25) is 0 Å². The SMILES string of the molecule is Nc1ccc2c(N[C@@H](Cc3ccccc3)C(=O)O)noc2c1. The molecule has 2 aromatic carbocycles. The molecule has 0 bridgehead atoms. The van der Waals surface area contributed by atoms with Gasteiger partial charge in [0.15, 0.2) is 11.4 Å². The minimum absolute atomic E-state index is 0.347. The predicted molar refractivity (Wildman–Crippen MR) is 83.6 cm³/mol. The fraction of sp³-hybridized carbons (Fsp3) is 0.125. The Balaban J connectivity index is 1.85. The first-order chi connectivity index (χ1) is 10.6. The molecule has 1 atom stereocenters. The maximum atomic E-state index is 11.5. The molecule has 0 radical (unpaired) electrons. The monoisotopic (exact) mass is 297 g/mol. The van der Waals surface area contributed by atoms with Crippen LogP contribution in [-0.2, 0) is 11.2 Å². The van der Waals surface area contributed by atoms with Crippen LogP contribution in [0.1, 0.15) is 5.56 Å². The first-order valence-corrected chi connectivity index (χ1v) is 6.81. The van der Waals surface area contributed by atoms with Crippen LogP contribution in [0.4, 0.5) is 11.5 Å². The smallest absolute Gasteiger partial charge is 0.326 e. The predicted octanol–water partition coefficient (Wildman–Crippen LogP) is 2.52. The van der Waals surface area contributed by atoms with Gasteiger partial charge in [-0.25, -0.2) is 4.79 Å². The first kappa shape index (κ1) is 13.9. The normalized spacial score (nSPS) is 12.2. The number of aliphatic carboxylic acids is 1. The van der Waals surface area contributed by atoms with E-state index in [9.17, 15) is 9.90 Å². The van der Waals surface area contributed by atoms with Crippen LogP contribution in [0.3, 0.4) is 0 Å². The number of nitrogens with one attached hydrogen (secondary N) is 1. The number of hydrogen-bond acceptors (Lipinski definition) is 5. The summed E-state index contributed by atoms with van der Waals surface area (Å²) in [7, 11) is 0. The van der Waals surface area contributed by atoms with Crippen LogP contribution in [0.15, 0.2) is 53.1 Å². The topological polar surface area (TPSA) is 101 Å². The molecular formula is C16H15N3O3. The average Bonchev–Trinajstić information content (AvgIpc) is 2.89. The molecule has 0 aliphatic heterocycles. The molecular weight excluding hydrogens is 282 g/mol. The van der Waals surface area contributed by atoms with Crippen LogP contribution in [-0.4, -0.2) is 22.3 Å². The number of rotatable bonds is 5. The summed E-state index contributed by atoms with van der Waals surface area (Å²) in [5.74, 6) is -0.547. The zero-order valence-electron chi connectivity index (χ0n) is 11.7. The highest BCUT2D eigenvalue weighted by molar-refractivity contribution is 5.91. The van der Waals surface area contributed by atoms with Crippen LogP contribution >= 0.6 is 0 Å². The summed E-state index contributed by atoms with van der Waals surface area (Å²) in [6, 6.07) is 13.8. The van der Waals surface area contributed by atoms with Crippen LogP contribution in [0.5, 0.6) is 0 Å². The van der Waals surface area contributed by atoms with E-state index in [1.54, 1.807) is 18.2 Å². The summed E-state index contributed by atoms with van der Waals surface area (Å²) in [4.78, 5) is 11.5. The second kappa shape index (κ2) is 5.77. The highest BCUT2D eigenvalue weighted by Gasteiger charge is 2.20. The number of nitrogens with two attached hydrogens (primary N) is 1. The molecule has 6 heteroatoms. The van der Waals surface area contributed by atoms with Gasteiger partial charge in [-0.05, 0) is 17.7 Å². The zero-order chi connectivity index (χ0) is 15.5. The third kappa shape index (κ3) is 2.85. The Labute approximate surface area is 126 Å². The summed E-state index contributed by atoms with van der Waals surface area (Å²) in [5, 5.41) is 16.9. The second-order valence-electron chi connectivity index (χ2n) is 5.01. The van der Waals surface area contributed by atoms with Gasteiger partial charge in [0.2, 0.25) is 0 Å². The molecule has 6 nitrogen and oxygen atoms in total. The average molecular weight is 297 g/mol. The first-order valence-electron chi connectivity index (χ1n) is 6.81. The van der Waals surface area contributed by atoms with Crippen molar-refractivity contribution in [2.45, 2.75) is 12.5 Å². The molecule has 0 amide bonds. The molecule has 0 saturated heterocycles. The summed E-state index contributed by atoms with van der Waals surface area (Å²) in [6.45, 7) is 0. The lowest BCUT2D eigenvalue weighted by Gasteiger charge is -2.13. The van der Waals surface area contributed by atoms with Crippen LogP contribution in [0.25, 0.3) is 11.0 Å². The minimum atomic E-state index is -0.949. The van der Waals surface area contributed by atoms with E-state index in [0.717, 1.165) is 5.56 Å². The fourth-order valence-corrected chi connectivity index (χ4v) is 2.27. The Kier molecular flexibility index (Phi) is 3.65. The fourth-order valence-electron chi connectivity index (χ4n) is 2.27. The van der Waals surface area contributed by atoms with Gasteiger partial charge in [-0.2, -0.15) is 0 Å². The van der Waals surface area contributed by atoms with E-state index in [0.29, 0.717) is 28.9 Å². The van der Waals surface area contributed by atoms with Gasteiger partial charge in [0.05, 0.1) is 5.39 Å². The van der Waals surface area contributed by atoms with Crippen molar-refractivity contribution in [3.05, 3.63) is 54.1 Å². The number of fused-ring (bicyclic) bond motifs is 1. The Morgan fingerprint density at radius 1 is 1.27 bits per heavy atom. The van der Waals surface area contributed by atoms with Crippen molar-refractivity contribution in [2.75, 3.05) is 11.1 Å². The highest BCUT2D eigenvalue weighted by atomic mass is 16.5. The number of carboxylic acid groups (broad SMARTS) is 1. The maximum absolute atomic E-state index is 11.5. The number of carboxylic acids is 1. The van der Waals surface area contributed by atoms with E-state index in [2.05, 4.69) is 10.5 Å². The molecule has 3 aromatic rings. The van der Waals surface area contributed by atoms with E-state index in [4.69, 9.17) is 10.3 Å².